The minimum absolute atomic E-state index is 0.0133. The predicted octanol–water partition coefficient (Wildman–Crippen LogP) is 2.98. The highest BCUT2D eigenvalue weighted by Gasteiger charge is 2.14. The molecule has 0 unspecified atom stereocenters. The molecule has 0 amide bonds. The number of carbonyl (C=O) groups excluding carboxylic acids is 1. The summed E-state index contributed by atoms with van der Waals surface area (Å²) in [6.07, 6.45) is 1.000. The zero-order valence-corrected chi connectivity index (χ0v) is 14.6. The van der Waals surface area contributed by atoms with Gasteiger partial charge >= 0.3 is 5.97 Å². The SMILES string of the molecule is CCc1ccc(O)c(C(C)=O)c1O.O=C(O)CCc1ccc(O)c(O)c1. The Hall–Kier alpha value is -3.22. The van der Waals surface area contributed by atoms with E-state index in [2.05, 4.69) is 0 Å². The standard InChI is InChI=1S/C10H12O3.C9H10O4/c1-3-7-4-5-8(12)9(6(2)11)10(7)13;10-7-3-1-6(5-8(7)11)2-4-9(12)13/h4-5,12-13H,3H2,1-2H3;1,3,5,10-11H,2,4H2,(H,12,13). The molecule has 140 valence electrons. The van der Waals surface area contributed by atoms with Crippen molar-refractivity contribution in [3.63, 3.8) is 0 Å². The number of carboxylic acids is 1. The second-order valence-electron chi connectivity index (χ2n) is 5.59. The fraction of sp³-hybridized carbons (Fsp3) is 0.263. The van der Waals surface area contributed by atoms with Gasteiger partial charge in [0.15, 0.2) is 17.3 Å². The molecule has 0 aliphatic carbocycles. The summed E-state index contributed by atoms with van der Waals surface area (Å²) in [5, 5.41) is 45.3. The molecule has 0 atom stereocenters. The number of hydrogen-bond donors (Lipinski definition) is 5. The highest BCUT2D eigenvalue weighted by atomic mass is 16.4. The Kier molecular flexibility index (Phi) is 7.46. The van der Waals surface area contributed by atoms with Crippen LogP contribution in [0.25, 0.3) is 0 Å². The largest absolute Gasteiger partial charge is 0.507 e. The Bertz CT molecular complexity index is 797. The van der Waals surface area contributed by atoms with E-state index in [0.29, 0.717) is 24.0 Å². The molecule has 7 nitrogen and oxygen atoms in total. The van der Waals surface area contributed by atoms with E-state index in [4.69, 9.17) is 15.3 Å². The molecule has 0 bridgehead atoms. The van der Waals surface area contributed by atoms with Crippen LogP contribution in [0.4, 0.5) is 0 Å². The molecule has 26 heavy (non-hydrogen) atoms. The van der Waals surface area contributed by atoms with Gasteiger partial charge < -0.3 is 25.5 Å². The van der Waals surface area contributed by atoms with Crippen molar-refractivity contribution < 1.29 is 35.1 Å². The van der Waals surface area contributed by atoms with Crippen molar-refractivity contribution in [1.29, 1.82) is 0 Å². The molecule has 7 heteroatoms. The summed E-state index contributed by atoms with van der Waals surface area (Å²) in [4.78, 5) is 21.2. The molecule has 2 rings (SSSR count). The fourth-order valence-electron chi connectivity index (χ4n) is 2.23. The number of phenolic OH excluding ortho intramolecular Hbond substituents is 4. The topological polar surface area (TPSA) is 135 Å². The molecule has 2 aromatic carbocycles. The molecule has 0 aliphatic heterocycles. The second-order valence-corrected chi connectivity index (χ2v) is 5.59. The monoisotopic (exact) mass is 362 g/mol. The van der Waals surface area contributed by atoms with Crippen molar-refractivity contribution in [2.45, 2.75) is 33.1 Å². The molecular formula is C19H22O7. The number of Topliss-reactive ketones (excluding diaryl/α,β-unsaturated/α-hetero) is 1. The number of aromatic hydroxyl groups is 4. The summed E-state index contributed by atoms with van der Waals surface area (Å²) >= 11 is 0. The summed E-state index contributed by atoms with van der Waals surface area (Å²) in [5.41, 5.74) is 1.38. The van der Waals surface area contributed by atoms with Gasteiger partial charge in [-0.25, -0.2) is 0 Å². The van der Waals surface area contributed by atoms with Crippen LogP contribution >= 0.6 is 0 Å². The van der Waals surface area contributed by atoms with Crippen LogP contribution in [-0.4, -0.2) is 37.3 Å². The molecule has 0 heterocycles. The number of ketones is 1. The van der Waals surface area contributed by atoms with E-state index in [1.807, 2.05) is 6.92 Å². The van der Waals surface area contributed by atoms with Gasteiger partial charge in [0.2, 0.25) is 0 Å². The number of aryl methyl sites for hydroxylation is 2. The van der Waals surface area contributed by atoms with Crippen LogP contribution in [0.3, 0.4) is 0 Å². The molecule has 0 saturated carbocycles. The highest BCUT2D eigenvalue weighted by Crippen LogP contribution is 2.31. The Morgan fingerprint density at radius 2 is 1.54 bits per heavy atom. The zero-order chi connectivity index (χ0) is 19.9. The lowest BCUT2D eigenvalue weighted by Gasteiger charge is -2.07. The van der Waals surface area contributed by atoms with Crippen molar-refractivity contribution in [1.82, 2.24) is 0 Å². The molecule has 0 spiro atoms. The number of carboxylic acid groups (broad SMARTS) is 1. The van der Waals surface area contributed by atoms with Gasteiger partial charge in [0.05, 0.1) is 0 Å². The number of carbonyl (C=O) groups is 2. The summed E-state index contributed by atoms with van der Waals surface area (Å²) in [7, 11) is 0. The lowest BCUT2D eigenvalue weighted by Crippen LogP contribution is -1.96. The Balaban J connectivity index is 0.000000260. The zero-order valence-electron chi connectivity index (χ0n) is 14.6. The number of aliphatic carboxylic acids is 1. The summed E-state index contributed by atoms with van der Waals surface area (Å²) in [5.74, 6) is -1.89. The normalized spacial score (nSPS) is 9.92. The summed E-state index contributed by atoms with van der Waals surface area (Å²) in [6.45, 7) is 3.18. The van der Waals surface area contributed by atoms with Crippen LogP contribution in [-0.2, 0) is 17.6 Å². The Morgan fingerprint density at radius 1 is 0.923 bits per heavy atom. The smallest absolute Gasteiger partial charge is 0.303 e. The highest BCUT2D eigenvalue weighted by molar-refractivity contribution is 5.99. The minimum atomic E-state index is -0.882. The first-order valence-corrected chi connectivity index (χ1v) is 7.94. The van der Waals surface area contributed by atoms with E-state index >= 15 is 0 Å². The van der Waals surface area contributed by atoms with Crippen LogP contribution in [0, 0.1) is 0 Å². The van der Waals surface area contributed by atoms with Crippen molar-refractivity contribution in [2.24, 2.45) is 0 Å². The van der Waals surface area contributed by atoms with Crippen LogP contribution in [0.5, 0.6) is 23.0 Å². The van der Waals surface area contributed by atoms with E-state index in [0.717, 1.165) is 0 Å². The van der Waals surface area contributed by atoms with Gasteiger partial charge in [0.1, 0.15) is 17.1 Å². The molecule has 0 fully saturated rings. The first-order valence-electron chi connectivity index (χ1n) is 7.94. The van der Waals surface area contributed by atoms with Crippen LogP contribution < -0.4 is 0 Å². The number of phenols is 4. The molecule has 0 saturated heterocycles. The number of rotatable bonds is 5. The lowest BCUT2D eigenvalue weighted by molar-refractivity contribution is -0.136. The third kappa shape index (κ3) is 5.70. The van der Waals surface area contributed by atoms with Gasteiger partial charge in [-0.3, -0.25) is 9.59 Å². The quantitative estimate of drug-likeness (QED) is 0.407. The Morgan fingerprint density at radius 3 is 2.04 bits per heavy atom. The Labute approximate surface area is 150 Å². The minimum Gasteiger partial charge on any atom is -0.507 e. The van der Waals surface area contributed by atoms with Gasteiger partial charge in [-0.15, -0.1) is 0 Å². The molecule has 2 aromatic rings. The van der Waals surface area contributed by atoms with Crippen LogP contribution in [0.1, 0.15) is 41.8 Å². The third-order valence-corrected chi connectivity index (χ3v) is 3.64. The van der Waals surface area contributed by atoms with Crippen molar-refractivity contribution in [3.05, 3.63) is 47.0 Å². The van der Waals surface area contributed by atoms with Crippen molar-refractivity contribution in [3.8, 4) is 23.0 Å². The molecule has 0 radical (unpaired) electrons. The first kappa shape index (κ1) is 20.8. The number of benzene rings is 2. The van der Waals surface area contributed by atoms with Crippen molar-refractivity contribution >= 4 is 11.8 Å². The van der Waals surface area contributed by atoms with Crippen LogP contribution in [0.2, 0.25) is 0 Å². The first-order chi connectivity index (χ1) is 12.2. The average molecular weight is 362 g/mol. The van der Waals surface area contributed by atoms with Gasteiger partial charge in [-0.1, -0.05) is 19.1 Å². The van der Waals surface area contributed by atoms with Gasteiger partial charge in [-0.05, 0) is 49.1 Å². The van der Waals surface area contributed by atoms with E-state index in [9.17, 15) is 19.8 Å². The maximum absolute atomic E-state index is 11.0. The van der Waals surface area contributed by atoms with Gasteiger partial charge in [0.25, 0.3) is 0 Å². The number of hydrogen-bond acceptors (Lipinski definition) is 6. The molecule has 0 aromatic heterocycles. The summed E-state index contributed by atoms with van der Waals surface area (Å²) < 4.78 is 0. The average Bonchev–Trinajstić information content (AvgIpc) is 2.56. The molecule has 0 aliphatic rings. The van der Waals surface area contributed by atoms with Crippen molar-refractivity contribution in [2.75, 3.05) is 0 Å². The lowest BCUT2D eigenvalue weighted by atomic mass is 10.0. The maximum atomic E-state index is 11.0. The van der Waals surface area contributed by atoms with E-state index < -0.39 is 5.97 Å². The van der Waals surface area contributed by atoms with Crippen LogP contribution in [0.15, 0.2) is 30.3 Å². The third-order valence-electron chi connectivity index (χ3n) is 3.64. The van der Waals surface area contributed by atoms with Gasteiger partial charge in [0, 0.05) is 6.42 Å². The predicted molar refractivity (Wildman–Crippen MR) is 94.9 cm³/mol. The summed E-state index contributed by atoms with van der Waals surface area (Å²) in [6, 6.07) is 7.31. The van der Waals surface area contributed by atoms with E-state index in [1.54, 1.807) is 12.1 Å². The van der Waals surface area contributed by atoms with E-state index in [-0.39, 0.29) is 40.8 Å². The van der Waals surface area contributed by atoms with Gasteiger partial charge in [-0.2, -0.15) is 0 Å². The van der Waals surface area contributed by atoms with E-state index in [1.165, 1.54) is 25.1 Å². The fourth-order valence-corrected chi connectivity index (χ4v) is 2.23. The second kappa shape index (κ2) is 9.31. The maximum Gasteiger partial charge on any atom is 0.303 e. The molecule has 5 N–H and O–H groups in total. The molecular weight excluding hydrogens is 340 g/mol.